The molecule has 0 fully saturated rings. The lowest BCUT2D eigenvalue weighted by molar-refractivity contribution is -0.115. The molecule has 0 aromatic heterocycles. The van der Waals surface area contributed by atoms with Crippen molar-refractivity contribution in [3.05, 3.63) is 47.2 Å². The summed E-state index contributed by atoms with van der Waals surface area (Å²) in [6.45, 7) is 2.84. The van der Waals surface area contributed by atoms with Crippen LogP contribution in [0, 0.1) is 5.82 Å². The van der Waals surface area contributed by atoms with E-state index in [9.17, 15) is 9.18 Å². The molecule has 0 saturated carbocycles. The zero-order chi connectivity index (χ0) is 17.1. The van der Waals surface area contributed by atoms with Crippen LogP contribution >= 0.6 is 23.4 Å². The van der Waals surface area contributed by atoms with E-state index in [1.54, 1.807) is 6.92 Å². The highest BCUT2D eigenvalue weighted by Gasteiger charge is 2.18. The topological polar surface area (TPSA) is 47.6 Å². The van der Waals surface area contributed by atoms with Crippen molar-refractivity contribution < 1.29 is 18.7 Å². The lowest BCUT2D eigenvalue weighted by Gasteiger charge is -2.19. The smallest absolute Gasteiger partial charge is 0.237 e. The van der Waals surface area contributed by atoms with Crippen molar-refractivity contribution in [1.82, 2.24) is 0 Å². The van der Waals surface area contributed by atoms with Gasteiger partial charge in [0.2, 0.25) is 5.91 Å². The third-order valence-electron chi connectivity index (χ3n) is 3.38. The molecule has 7 heteroatoms. The molecule has 4 nitrogen and oxygen atoms in total. The number of hydrogen-bond acceptors (Lipinski definition) is 4. The molecule has 1 heterocycles. The second kappa shape index (κ2) is 7.32. The van der Waals surface area contributed by atoms with Crippen LogP contribution in [0.15, 0.2) is 41.3 Å². The fourth-order valence-electron chi connectivity index (χ4n) is 2.18. The maximum Gasteiger partial charge on any atom is 0.237 e. The molecule has 0 radical (unpaired) electrons. The number of amides is 1. The van der Waals surface area contributed by atoms with Crippen molar-refractivity contribution in [2.75, 3.05) is 18.5 Å². The summed E-state index contributed by atoms with van der Waals surface area (Å²) in [6.07, 6.45) is 0. The molecule has 3 rings (SSSR count). The minimum Gasteiger partial charge on any atom is -0.486 e. The highest BCUT2D eigenvalue weighted by molar-refractivity contribution is 8.00. The summed E-state index contributed by atoms with van der Waals surface area (Å²) in [4.78, 5) is 13.2. The molecule has 0 aliphatic carbocycles. The molecule has 126 valence electrons. The standard InChI is InChI=1S/C17H15ClFNO3S/c1-10(17(21)20-14-4-2-11(19)8-13(14)18)24-12-3-5-15-16(9-12)23-7-6-22-15/h2-5,8-10H,6-7H2,1H3,(H,20,21)/t10-/m1/s1. The summed E-state index contributed by atoms with van der Waals surface area (Å²) in [7, 11) is 0. The third-order valence-corrected chi connectivity index (χ3v) is 4.79. The zero-order valence-electron chi connectivity index (χ0n) is 12.8. The van der Waals surface area contributed by atoms with Crippen LogP contribution in [0.2, 0.25) is 5.02 Å². The molecule has 2 aromatic rings. The fourth-order valence-corrected chi connectivity index (χ4v) is 3.29. The number of carbonyl (C=O) groups is 1. The minimum atomic E-state index is -0.447. The SMILES string of the molecule is C[C@@H](Sc1ccc2c(c1)OCCO2)C(=O)Nc1ccc(F)cc1Cl. The molecule has 0 unspecified atom stereocenters. The Labute approximate surface area is 148 Å². The van der Waals surface area contributed by atoms with Gasteiger partial charge in [0, 0.05) is 4.90 Å². The van der Waals surface area contributed by atoms with E-state index in [-0.39, 0.29) is 16.2 Å². The number of ether oxygens (including phenoxy) is 2. The summed E-state index contributed by atoms with van der Waals surface area (Å²) in [5, 5.41) is 2.51. The maximum absolute atomic E-state index is 13.0. The molecular weight excluding hydrogens is 353 g/mol. The van der Waals surface area contributed by atoms with Crippen LogP contribution in [0.25, 0.3) is 0 Å². The fraction of sp³-hybridized carbons (Fsp3) is 0.235. The minimum absolute atomic E-state index is 0.167. The van der Waals surface area contributed by atoms with Gasteiger partial charge in [0.05, 0.1) is 16.0 Å². The van der Waals surface area contributed by atoms with Gasteiger partial charge >= 0.3 is 0 Å². The zero-order valence-corrected chi connectivity index (χ0v) is 14.4. The molecule has 1 N–H and O–H groups in total. The average Bonchev–Trinajstić information content (AvgIpc) is 2.57. The Morgan fingerprint density at radius 1 is 1.21 bits per heavy atom. The monoisotopic (exact) mass is 367 g/mol. The van der Waals surface area contributed by atoms with Gasteiger partial charge in [0.15, 0.2) is 11.5 Å². The highest BCUT2D eigenvalue weighted by Crippen LogP contribution is 2.35. The number of anilines is 1. The van der Waals surface area contributed by atoms with Crippen molar-refractivity contribution in [3.8, 4) is 11.5 Å². The second-order valence-corrected chi connectivity index (χ2v) is 7.00. The van der Waals surface area contributed by atoms with Crippen LogP contribution in [0.5, 0.6) is 11.5 Å². The summed E-state index contributed by atoms with van der Waals surface area (Å²) in [6, 6.07) is 9.42. The van der Waals surface area contributed by atoms with Crippen molar-refractivity contribution in [3.63, 3.8) is 0 Å². The highest BCUT2D eigenvalue weighted by atomic mass is 35.5. The van der Waals surface area contributed by atoms with Gasteiger partial charge in [-0.3, -0.25) is 4.79 Å². The van der Waals surface area contributed by atoms with Gasteiger partial charge in [0.25, 0.3) is 0 Å². The Bertz CT molecular complexity index is 771. The number of rotatable bonds is 4. The van der Waals surface area contributed by atoms with Gasteiger partial charge in [-0.1, -0.05) is 11.6 Å². The normalized spacial score (nSPS) is 14.1. The van der Waals surface area contributed by atoms with Crippen molar-refractivity contribution in [1.29, 1.82) is 0 Å². The van der Waals surface area contributed by atoms with Gasteiger partial charge < -0.3 is 14.8 Å². The van der Waals surface area contributed by atoms with Crippen LogP contribution in [0.3, 0.4) is 0 Å². The number of fused-ring (bicyclic) bond motifs is 1. The Balaban J connectivity index is 1.65. The first kappa shape index (κ1) is 16.9. The van der Waals surface area contributed by atoms with Gasteiger partial charge in [-0.05, 0) is 43.3 Å². The number of nitrogens with one attached hydrogen (secondary N) is 1. The molecule has 1 amide bonds. The van der Waals surface area contributed by atoms with E-state index < -0.39 is 5.82 Å². The quantitative estimate of drug-likeness (QED) is 0.815. The van der Waals surface area contributed by atoms with E-state index in [0.717, 1.165) is 11.0 Å². The molecule has 1 aliphatic rings. The Morgan fingerprint density at radius 3 is 2.71 bits per heavy atom. The van der Waals surface area contributed by atoms with Crippen LogP contribution in [-0.4, -0.2) is 24.4 Å². The van der Waals surface area contributed by atoms with Gasteiger partial charge in [-0.2, -0.15) is 0 Å². The van der Waals surface area contributed by atoms with Crippen LogP contribution in [-0.2, 0) is 4.79 Å². The summed E-state index contributed by atoms with van der Waals surface area (Å²) < 4.78 is 24.1. The number of benzene rings is 2. The molecular formula is C17H15ClFNO3S. The number of halogens is 2. The van der Waals surface area contributed by atoms with Crippen LogP contribution in [0.1, 0.15) is 6.92 Å². The van der Waals surface area contributed by atoms with Crippen molar-refractivity contribution >= 4 is 35.0 Å². The predicted octanol–water partition coefficient (Wildman–Crippen LogP) is 4.37. The summed E-state index contributed by atoms with van der Waals surface area (Å²) >= 11 is 7.31. The van der Waals surface area contributed by atoms with Crippen molar-refractivity contribution in [2.45, 2.75) is 17.1 Å². The summed E-state index contributed by atoms with van der Waals surface area (Å²) in [5.74, 6) is 0.723. The molecule has 0 saturated heterocycles. The number of thioether (sulfide) groups is 1. The van der Waals surface area contributed by atoms with E-state index in [0.29, 0.717) is 30.4 Å². The van der Waals surface area contributed by atoms with E-state index in [4.69, 9.17) is 21.1 Å². The van der Waals surface area contributed by atoms with Crippen LogP contribution < -0.4 is 14.8 Å². The number of carbonyl (C=O) groups excluding carboxylic acids is 1. The first-order valence-corrected chi connectivity index (χ1v) is 8.61. The largest absolute Gasteiger partial charge is 0.486 e. The van der Waals surface area contributed by atoms with E-state index in [1.807, 2.05) is 18.2 Å². The third kappa shape index (κ3) is 3.94. The van der Waals surface area contributed by atoms with E-state index in [2.05, 4.69) is 5.32 Å². The van der Waals surface area contributed by atoms with E-state index in [1.165, 1.54) is 23.9 Å². The van der Waals surface area contributed by atoms with E-state index >= 15 is 0 Å². The lowest BCUT2D eigenvalue weighted by Crippen LogP contribution is -2.22. The molecule has 2 aromatic carbocycles. The Kier molecular flexibility index (Phi) is 5.16. The van der Waals surface area contributed by atoms with Crippen LogP contribution in [0.4, 0.5) is 10.1 Å². The first-order chi connectivity index (χ1) is 11.5. The Hall–Kier alpha value is -1.92. The van der Waals surface area contributed by atoms with Crippen molar-refractivity contribution in [2.24, 2.45) is 0 Å². The van der Waals surface area contributed by atoms with Gasteiger partial charge in [-0.25, -0.2) is 4.39 Å². The molecule has 0 spiro atoms. The Morgan fingerprint density at radius 2 is 1.96 bits per heavy atom. The molecule has 1 atom stereocenters. The maximum atomic E-state index is 13.0. The molecule has 0 bridgehead atoms. The lowest BCUT2D eigenvalue weighted by atomic mass is 10.3. The average molecular weight is 368 g/mol. The second-order valence-electron chi connectivity index (χ2n) is 5.18. The predicted molar refractivity (Wildman–Crippen MR) is 92.8 cm³/mol. The van der Waals surface area contributed by atoms with Gasteiger partial charge in [0.1, 0.15) is 19.0 Å². The molecule has 1 aliphatic heterocycles. The summed E-state index contributed by atoms with van der Waals surface area (Å²) in [5.41, 5.74) is 0.387. The number of hydrogen-bond donors (Lipinski definition) is 1. The first-order valence-electron chi connectivity index (χ1n) is 7.35. The molecule has 24 heavy (non-hydrogen) atoms. The van der Waals surface area contributed by atoms with Gasteiger partial charge in [-0.15, -0.1) is 11.8 Å².